The van der Waals surface area contributed by atoms with Crippen LogP contribution >= 0.6 is 15.9 Å². The van der Waals surface area contributed by atoms with Crippen molar-refractivity contribution in [3.05, 3.63) is 40.1 Å². The van der Waals surface area contributed by atoms with E-state index < -0.39 is 0 Å². The molecule has 0 atom stereocenters. The average molecular weight is 364 g/mol. The fraction of sp³-hybridized carbons (Fsp3) is 0.400. The number of halogens is 1. The molecular formula is C15H18BrN5O. The van der Waals surface area contributed by atoms with Gasteiger partial charge in [-0.05, 0) is 43.5 Å². The highest BCUT2D eigenvalue weighted by molar-refractivity contribution is 9.10. The van der Waals surface area contributed by atoms with Crippen molar-refractivity contribution < 1.29 is 4.79 Å². The third kappa shape index (κ3) is 3.05. The van der Waals surface area contributed by atoms with E-state index in [4.69, 9.17) is 5.73 Å². The molecule has 2 N–H and O–H groups in total. The summed E-state index contributed by atoms with van der Waals surface area (Å²) in [5.74, 6) is -0.0769. The lowest BCUT2D eigenvalue weighted by Crippen LogP contribution is -2.43. The fourth-order valence-corrected chi connectivity index (χ4v) is 2.77. The monoisotopic (exact) mass is 363 g/mol. The van der Waals surface area contributed by atoms with Gasteiger partial charge >= 0.3 is 0 Å². The minimum Gasteiger partial charge on any atom is -0.337 e. The molecule has 0 aliphatic carbocycles. The number of amides is 1. The Kier molecular flexibility index (Phi) is 4.26. The number of nitrogens with two attached hydrogens (primary N) is 1. The Morgan fingerprint density at radius 2 is 2.09 bits per heavy atom. The van der Waals surface area contributed by atoms with Crippen LogP contribution in [0, 0.1) is 6.92 Å². The van der Waals surface area contributed by atoms with Gasteiger partial charge < -0.3 is 10.6 Å². The SMILES string of the molecule is Cc1cc(-n2cc(C(=O)N3CCC(N)CC3)nn2)ccc1Br. The lowest BCUT2D eigenvalue weighted by atomic mass is 10.1. The summed E-state index contributed by atoms with van der Waals surface area (Å²) < 4.78 is 2.67. The molecule has 1 aromatic heterocycles. The van der Waals surface area contributed by atoms with Crippen molar-refractivity contribution >= 4 is 21.8 Å². The second-order valence-electron chi connectivity index (χ2n) is 5.61. The number of nitrogens with zero attached hydrogens (tertiary/aromatic N) is 4. The number of hydrogen-bond donors (Lipinski definition) is 1. The van der Waals surface area contributed by atoms with E-state index in [0.29, 0.717) is 18.8 Å². The van der Waals surface area contributed by atoms with Crippen LogP contribution in [-0.4, -0.2) is 44.9 Å². The van der Waals surface area contributed by atoms with E-state index in [9.17, 15) is 4.79 Å². The van der Waals surface area contributed by atoms with Crippen molar-refractivity contribution in [3.63, 3.8) is 0 Å². The van der Waals surface area contributed by atoms with Gasteiger partial charge in [0.25, 0.3) is 5.91 Å². The highest BCUT2D eigenvalue weighted by atomic mass is 79.9. The summed E-state index contributed by atoms with van der Waals surface area (Å²) in [5.41, 5.74) is 8.22. The normalized spacial score (nSPS) is 16.0. The van der Waals surface area contributed by atoms with Gasteiger partial charge in [0.05, 0.1) is 11.9 Å². The molecule has 0 spiro atoms. The van der Waals surface area contributed by atoms with Crippen LogP contribution in [0.5, 0.6) is 0 Å². The molecule has 116 valence electrons. The molecule has 1 saturated heterocycles. The maximum absolute atomic E-state index is 12.4. The standard InChI is InChI=1S/C15H18BrN5O/c1-10-8-12(2-3-13(10)16)21-9-14(18-19-21)15(22)20-6-4-11(17)5-7-20/h2-3,8-9,11H,4-7,17H2,1H3. The number of carbonyl (C=O) groups is 1. The summed E-state index contributed by atoms with van der Waals surface area (Å²) in [4.78, 5) is 14.2. The average Bonchev–Trinajstić information content (AvgIpc) is 3.00. The molecule has 2 heterocycles. The van der Waals surface area contributed by atoms with Gasteiger partial charge in [-0.25, -0.2) is 4.68 Å². The second-order valence-corrected chi connectivity index (χ2v) is 6.47. The number of likely N-dealkylation sites (tertiary alicyclic amines) is 1. The molecule has 0 bridgehead atoms. The molecule has 1 amide bonds. The summed E-state index contributed by atoms with van der Waals surface area (Å²) in [6, 6.07) is 6.08. The maximum Gasteiger partial charge on any atom is 0.276 e. The van der Waals surface area contributed by atoms with Gasteiger partial charge in [-0.15, -0.1) is 5.10 Å². The van der Waals surface area contributed by atoms with Gasteiger partial charge in [-0.1, -0.05) is 21.1 Å². The Morgan fingerprint density at radius 1 is 1.36 bits per heavy atom. The van der Waals surface area contributed by atoms with E-state index in [0.717, 1.165) is 28.6 Å². The smallest absolute Gasteiger partial charge is 0.276 e. The van der Waals surface area contributed by atoms with E-state index in [1.165, 1.54) is 0 Å². The van der Waals surface area contributed by atoms with Crippen LogP contribution in [-0.2, 0) is 0 Å². The van der Waals surface area contributed by atoms with Gasteiger partial charge in [0.2, 0.25) is 0 Å². The first-order valence-corrected chi connectivity index (χ1v) is 8.07. The summed E-state index contributed by atoms with van der Waals surface area (Å²) in [5, 5.41) is 8.08. The van der Waals surface area contributed by atoms with Crippen molar-refractivity contribution in [3.8, 4) is 5.69 Å². The number of hydrogen-bond acceptors (Lipinski definition) is 4. The van der Waals surface area contributed by atoms with Gasteiger partial charge in [0, 0.05) is 23.6 Å². The predicted molar refractivity (Wildman–Crippen MR) is 86.9 cm³/mol. The zero-order chi connectivity index (χ0) is 15.7. The third-order valence-electron chi connectivity index (χ3n) is 3.95. The molecule has 0 unspecified atom stereocenters. The Balaban J connectivity index is 1.78. The van der Waals surface area contributed by atoms with E-state index in [1.54, 1.807) is 15.8 Å². The van der Waals surface area contributed by atoms with Crippen LogP contribution in [0.1, 0.15) is 28.9 Å². The highest BCUT2D eigenvalue weighted by Gasteiger charge is 2.23. The van der Waals surface area contributed by atoms with Crippen LogP contribution in [0.25, 0.3) is 5.69 Å². The van der Waals surface area contributed by atoms with Crippen LogP contribution < -0.4 is 5.73 Å². The quantitative estimate of drug-likeness (QED) is 0.883. The van der Waals surface area contributed by atoms with Gasteiger partial charge in [-0.3, -0.25) is 4.79 Å². The van der Waals surface area contributed by atoms with Crippen molar-refractivity contribution in [2.45, 2.75) is 25.8 Å². The number of carbonyl (C=O) groups excluding carboxylic acids is 1. The minimum atomic E-state index is -0.0769. The lowest BCUT2D eigenvalue weighted by Gasteiger charge is -2.29. The first-order valence-electron chi connectivity index (χ1n) is 7.28. The zero-order valence-electron chi connectivity index (χ0n) is 12.4. The van der Waals surface area contributed by atoms with Gasteiger partial charge in [-0.2, -0.15) is 0 Å². The molecular weight excluding hydrogens is 346 g/mol. The van der Waals surface area contributed by atoms with Crippen molar-refractivity contribution in [1.82, 2.24) is 19.9 Å². The number of rotatable bonds is 2. The first-order chi connectivity index (χ1) is 10.5. The number of aromatic nitrogens is 3. The topological polar surface area (TPSA) is 77.0 Å². The summed E-state index contributed by atoms with van der Waals surface area (Å²) >= 11 is 3.47. The lowest BCUT2D eigenvalue weighted by molar-refractivity contribution is 0.0708. The zero-order valence-corrected chi connectivity index (χ0v) is 14.0. The molecule has 1 aromatic carbocycles. The van der Waals surface area contributed by atoms with Gasteiger partial charge in [0.15, 0.2) is 5.69 Å². The molecule has 0 radical (unpaired) electrons. The Bertz CT molecular complexity index is 691. The number of piperidine rings is 1. The van der Waals surface area contributed by atoms with Crippen molar-refractivity contribution in [1.29, 1.82) is 0 Å². The van der Waals surface area contributed by atoms with Crippen LogP contribution in [0.2, 0.25) is 0 Å². The van der Waals surface area contributed by atoms with E-state index in [2.05, 4.69) is 26.2 Å². The minimum absolute atomic E-state index is 0.0769. The van der Waals surface area contributed by atoms with Gasteiger partial charge in [0.1, 0.15) is 0 Å². The summed E-state index contributed by atoms with van der Waals surface area (Å²) in [7, 11) is 0. The molecule has 1 aliphatic heterocycles. The van der Waals surface area contributed by atoms with Crippen LogP contribution in [0.4, 0.5) is 0 Å². The molecule has 22 heavy (non-hydrogen) atoms. The first kappa shape index (κ1) is 15.2. The molecule has 2 aromatic rings. The molecule has 1 aliphatic rings. The van der Waals surface area contributed by atoms with Crippen LogP contribution in [0.3, 0.4) is 0 Å². The summed E-state index contributed by atoms with van der Waals surface area (Å²) in [6.07, 6.45) is 3.36. The van der Waals surface area contributed by atoms with Crippen molar-refractivity contribution in [2.75, 3.05) is 13.1 Å². The Hall–Kier alpha value is -1.73. The molecule has 1 fully saturated rings. The number of benzene rings is 1. The maximum atomic E-state index is 12.4. The van der Waals surface area contributed by atoms with E-state index >= 15 is 0 Å². The molecule has 6 nitrogen and oxygen atoms in total. The Labute approximate surface area is 137 Å². The van der Waals surface area contributed by atoms with E-state index in [1.807, 2.05) is 25.1 Å². The van der Waals surface area contributed by atoms with E-state index in [-0.39, 0.29) is 11.9 Å². The largest absolute Gasteiger partial charge is 0.337 e. The summed E-state index contributed by atoms with van der Waals surface area (Å²) in [6.45, 7) is 3.38. The third-order valence-corrected chi connectivity index (χ3v) is 4.84. The van der Waals surface area contributed by atoms with Crippen LogP contribution in [0.15, 0.2) is 28.9 Å². The van der Waals surface area contributed by atoms with Crippen molar-refractivity contribution in [2.24, 2.45) is 5.73 Å². The molecule has 0 saturated carbocycles. The fourth-order valence-electron chi connectivity index (χ4n) is 2.52. The second kappa shape index (κ2) is 6.18. The predicted octanol–water partition coefficient (Wildman–Crippen LogP) is 1.90. The Morgan fingerprint density at radius 3 is 2.77 bits per heavy atom. The molecule has 7 heteroatoms. The number of aryl methyl sites for hydroxylation is 1. The highest BCUT2D eigenvalue weighted by Crippen LogP contribution is 2.19. The molecule has 3 rings (SSSR count).